The number of aromatic nitrogens is 2. The minimum Gasteiger partial charge on any atom is -0.444 e. The molecule has 0 saturated carbocycles. The van der Waals surface area contributed by atoms with E-state index in [1.54, 1.807) is 16.0 Å². The van der Waals surface area contributed by atoms with Gasteiger partial charge >= 0.3 is 6.09 Å². The Hall–Kier alpha value is -3.61. The van der Waals surface area contributed by atoms with Crippen LogP contribution < -0.4 is 0 Å². The van der Waals surface area contributed by atoms with Crippen molar-refractivity contribution in [2.45, 2.75) is 26.4 Å². The Labute approximate surface area is 188 Å². The molecular weight excluding hydrogens is 404 g/mol. The van der Waals surface area contributed by atoms with Crippen molar-refractivity contribution < 1.29 is 14.3 Å². The number of piperazine rings is 1. The van der Waals surface area contributed by atoms with Crippen molar-refractivity contribution in [1.82, 2.24) is 20.0 Å². The summed E-state index contributed by atoms with van der Waals surface area (Å²) in [4.78, 5) is 28.6. The van der Waals surface area contributed by atoms with E-state index in [1.807, 2.05) is 51.2 Å². The molecule has 166 valence electrons. The zero-order valence-corrected chi connectivity index (χ0v) is 18.7. The van der Waals surface area contributed by atoms with Gasteiger partial charge in [0, 0.05) is 43.5 Å². The number of benzene rings is 2. The lowest BCUT2D eigenvalue weighted by molar-refractivity contribution is 0.0141. The van der Waals surface area contributed by atoms with Crippen LogP contribution in [0.3, 0.4) is 0 Å². The van der Waals surface area contributed by atoms with Crippen LogP contribution in [0.1, 0.15) is 31.1 Å². The SMILES string of the molecule is CC(C)(C)OC(=O)N1CCN(C(=O)c2ccc(-c3ccc(-c4cn[nH]c4)cc3)cc2)CC1. The van der Waals surface area contributed by atoms with Gasteiger partial charge in [0.05, 0.1) is 6.20 Å². The van der Waals surface area contributed by atoms with Gasteiger partial charge in [0.2, 0.25) is 0 Å². The molecule has 1 aliphatic heterocycles. The molecule has 4 rings (SSSR count). The fourth-order valence-electron chi connectivity index (χ4n) is 3.67. The van der Waals surface area contributed by atoms with Crippen molar-refractivity contribution in [2.24, 2.45) is 0 Å². The van der Waals surface area contributed by atoms with E-state index < -0.39 is 5.60 Å². The highest BCUT2D eigenvalue weighted by atomic mass is 16.6. The molecule has 0 unspecified atom stereocenters. The quantitative estimate of drug-likeness (QED) is 0.664. The minimum atomic E-state index is -0.522. The number of hydrogen-bond donors (Lipinski definition) is 1. The van der Waals surface area contributed by atoms with Crippen molar-refractivity contribution in [1.29, 1.82) is 0 Å². The van der Waals surface area contributed by atoms with Crippen LogP contribution in [0.5, 0.6) is 0 Å². The zero-order chi connectivity index (χ0) is 22.7. The smallest absolute Gasteiger partial charge is 0.410 e. The lowest BCUT2D eigenvalue weighted by Gasteiger charge is -2.35. The molecule has 2 amide bonds. The Morgan fingerprint density at radius 1 is 0.812 bits per heavy atom. The van der Waals surface area contributed by atoms with Gasteiger partial charge in [0.15, 0.2) is 0 Å². The monoisotopic (exact) mass is 432 g/mol. The van der Waals surface area contributed by atoms with Crippen molar-refractivity contribution in [2.75, 3.05) is 26.2 Å². The number of nitrogens with zero attached hydrogens (tertiary/aromatic N) is 3. The molecule has 1 aromatic heterocycles. The van der Waals surface area contributed by atoms with E-state index >= 15 is 0 Å². The summed E-state index contributed by atoms with van der Waals surface area (Å²) in [6.07, 6.45) is 3.33. The highest BCUT2D eigenvalue weighted by Crippen LogP contribution is 2.25. The third-order valence-corrected chi connectivity index (χ3v) is 5.40. The first-order valence-corrected chi connectivity index (χ1v) is 10.8. The number of hydrogen-bond acceptors (Lipinski definition) is 4. The molecular formula is C25H28N4O3. The maximum Gasteiger partial charge on any atom is 0.410 e. The maximum atomic E-state index is 12.9. The van der Waals surface area contributed by atoms with E-state index in [0.29, 0.717) is 31.7 Å². The van der Waals surface area contributed by atoms with Gasteiger partial charge in [-0.1, -0.05) is 36.4 Å². The predicted molar refractivity (Wildman–Crippen MR) is 123 cm³/mol. The Kier molecular flexibility index (Phi) is 5.99. The molecule has 7 heteroatoms. The molecule has 2 heterocycles. The largest absolute Gasteiger partial charge is 0.444 e. The Bertz CT molecular complexity index is 1060. The molecule has 3 aromatic rings. The Morgan fingerprint density at radius 2 is 1.31 bits per heavy atom. The van der Waals surface area contributed by atoms with Crippen molar-refractivity contribution in [3.8, 4) is 22.3 Å². The van der Waals surface area contributed by atoms with E-state index in [1.165, 1.54) is 0 Å². The summed E-state index contributed by atoms with van der Waals surface area (Å²) in [5, 5.41) is 6.81. The summed E-state index contributed by atoms with van der Waals surface area (Å²) in [5.74, 6) is -0.0179. The van der Waals surface area contributed by atoms with Crippen LogP contribution >= 0.6 is 0 Å². The molecule has 1 aliphatic rings. The van der Waals surface area contributed by atoms with E-state index in [2.05, 4.69) is 34.5 Å². The Morgan fingerprint density at radius 3 is 1.81 bits per heavy atom. The number of H-pyrrole nitrogens is 1. The molecule has 32 heavy (non-hydrogen) atoms. The third kappa shape index (κ3) is 4.99. The normalized spacial score (nSPS) is 14.3. The average Bonchev–Trinajstić information content (AvgIpc) is 3.33. The summed E-state index contributed by atoms with van der Waals surface area (Å²) >= 11 is 0. The summed E-state index contributed by atoms with van der Waals surface area (Å²) in [7, 11) is 0. The van der Waals surface area contributed by atoms with Crippen molar-refractivity contribution in [3.63, 3.8) is 0 Å². The van der Waals surface area contributed by atoms with E-state index in [9.17, 15) is 9.59 Å². The number of rotatable bonds is 3. The van der Waals surface area contributed by atoms with Gasteiger partial charge < -0.3 is 14.5 Å². The van der Waals surface area contributed by atoms with Gasteiger partial charge in [-0.2, -0.15) is 5.10 Å². The second-order valence-corrected chi connectivity index (χ2v) is 8.90. The molecule has 0 bridgehead atoms. The number of amides is 2. The fraction of sp³-hybridized carbons (Fsp3) is 0.320. The molecule has 0 atom stereocenters. The molecule has 0 radical (unpaired) electrons. The van der Waals surface area contributed by atoms with Crippen LogP contribution in [0.4, 0.5) is 4.79 Å². The van der Waals surface area contributed by atoms with Crippen molar-refractivity contribution >= 4 is 12.0 Å². The van der Waals surface area contributed by atoms with E-state index in [-0.39, 0.29) is 12.0 Å². The molecule has 0 aliphatic carbocycles. The number of nitrogens with one attached hydrogen (secondary N) is 1. The van der Waals surface area contributed by atoms with Gasteiger partial charge in [-0.15, -0.1) is 0 Å². The summed E-state index contributed by atoms with van der Waals surface area (Å²) in [6.45, 7) is 7.49. The number of aromatic amines is 1. The fourth-order valence-corrected chi connectivity index (χ4v) is 3.67. The second kappa shape index (κ2) is 8.86. The van der Waals surface area contributed by atoms with E-state index in [4.69, 9.17) is 4.74 Å². The topological polar surface area (TPSA) is 78.5 Å². The van der Waals surface area contributed by atoms with Gasteiger partial charge in [-0.3, -0.25) is 9.89 Å². The van der Waals surface area contributed by atoms with Gasteiger partial charge in [-0.25, -0.2) is 4.79 Å². The Balaban J connectivity index is 1.36. The first-order chi connectivity index (χ1) is 15.3. The van der Waals surface area contributed by atoms with Gasteiger partial charge in [-0.05, 0) is 49.6 Å². The first-order valence-electron chi connectivity index (χ1n) is 10.8. The highest BCUT2D eigenvalue weighted by Gasteiger charge is 2.28. The number of carbonyl (C=O) groups is 2. The molecule has 1 N–H and O–H groups in total. The molecule has 1 fully saturated rings. The molecule has 1 saturated heterocycles. The third-order valence-electron chi connectivity index (χ3n) is 5.40. The lowest BCUT2D eigenvalue weighted by atomic mass is 10.0. The summed E-state index contributed by atoms with van der Waals surface area (Å²) in [6, 6.07) is 15.9. The lowest BCUT2D eigenvalue weighted by Crippen LogP contribution is -2.51. The second-order valence-electron chi connectivity index (χ2n) is 8.90. The van der Waals surface area contributed by atoms with Gasteiger partial charge in [0.1, 0.15) is 5.60 Å². The van der Waals surface area contributed by atoms with Crippen LogP contribution in [0.25, 0.3) is 22.3 Å². The summed E-state index contributed by atoms with van der Waals surface area (Å²) in [5.41, 5.74) is 4.40. The van der Waals surface area contributed by atoms with Crippen molar-refractivity contribution in [3.05, 3.63) is 66.5 Å². The number of ether oxygens (including phenoxy) is 1. The van der Waals surface area contributed by atoms with Crippen LogP contribution in [0, 0.1) is 0 Å². The zero-order valence-electron chi connectivity index (χ0n) is 18.7. The summed E-state index contributed by atoms with van der Waals surface area (Å²) < 4.78 is 5.42. The van der Waals surface area contributed by atoms with Crippen LogP contribution in [-0.4, -0.2) is 63.8 Å². The number of carbonyl (C=O) groups excluding carboxylic acids is 2. The average molecular weight is 433 g/mol. The van der Waals surface area contributed by atoms with E-state index in [0.717, 1.165) is 22.3 Å². The highest BCUT2D eigenvalue weighted by molar-refractivity contribution is 5.95. The minimum absolute atomic E-state index is 0.0179. The van der Waals surface area contributed by atoms with Crippen LogP contribution in [0.15, 0.2) is 60.9 Å². The molecule has 7 nitrogen and oxygen atoms in total. The predicted octanol–water partition coefficient (Wildman–Crippen LogP) is 4.44. The van der Waals surface area contributed by atoms with Crippen LogP contribution in [-0.2, 0) is 4.74 Å². The molecule has 0 spiro atoms. The maximum absolute atomic E-state index is 12.9. The van der Waals surface area contributed by atoms with Crippen LogP contribution in [0.2, 0.25) is 0 Å². The first kappa shape index (κ1) is 21.6. The standard InChI is InChI=1S/C25H28N4O3/c1-25(2,3)32-24(31)29-14-12-28(13-15-29)23(30)21-10-8-19(9-11-21)18-4-6-20(7-5-18)22-16-26-27-17-22/h4-11,16-17H,12-15H2,1-3H3,(H,26,27). The molecule has 2 aromatic carbocycles. The van der Waals surface area contributed by atoms with Gasteiger partial charge in [0.25, 0.3) is 5.91 Å².